The van der Waals surface area contributed by atoms with E-state index in [1.165, 1.54) is 11.8 Å². The van der Waals surface area contributed by atoms with Crippen LogP contribution in [0.3, 0.4) is 0 Å². The van der Waals surface area contributed by atoms with Crippen molar-refractivity contribution >= 4 is 29.1 Å². The number of hydrogen-bond acceptors (Lipinski definition) is 5. The summed E-state index contributed by atoms with van der Waals surface area (Å²) in [4.78, 5) is 0.977. The molecule has 0 bridgehead atoms. The lowest BCUT2D eigenvalue weighted by molar-refractivity contribution is 0.0218. The molecule has 102 valence electrons. The standard InChI is InChI=1S/C12H18ClNO3S/c1-16-4-5-17-7-9(15)8-18-10-2-3-12(14)11(13)6-10/h2-3,6,9,15H,4-5,7-8,14H2,1H3. The highest BCUT2D eigenvalue weighted by Gasteiger charge is 2.06. The molecule has 1 aromatic rings. The number of methoxy groups -OCH3 is 1. The first-order valence-electron chi connectivity index (χ1n) is 5.56. The summed E-state index contributed by atoms with van der Waals surface area (Å²) in [5, 5.41) is 10.2. The molecule has 6 heteroatoms. The Labute approximate surface area is 116 Å². The van der Waals surface area contributed by atoms with Crippen molar-refractivity contribution in [2.24, 2.45) is 0 Å². The van der Waals surface area contributed by atoms with Gasteiger partial charge in [-0.2, -0.15) is 0 Å². The lowest BCUT2D eigenvalue weighted by Crippen LogP contribution is -2.19. The number of nitrogen functional groups attached to an aromatic ring is 1. The maximum atomic E-state index is 9.69. The number of benzene rings is 1. The Morgan fingerprint density at radius 2 is 2.22 bits per heavy atom. The first-order chi connectivity index (χ1) is 8.63. The normalized spacial score (nSPS) is 12.6. The van der Waals surface area contributed by atoms with Crippen LogP contribution in [0.1, 0.15) is 0 Å². The molecule has 0 aliphatic carbocycles. The summed E-state index contributed by atoms with van der Waals surface area (Å²) < 4.78 is 10.1. The van der Waals surface area contributed by atoms with Gasteiger partial charge in [0.05, 0.1) is 36.6 Å². The highest BCUT2D eigenvalue weighted by atomic mass is 35.5. The molecule has 0 aromatic heterocycles. The SMILES string of the molecule is COCCOCC(O)CSc1ccc(N)c(Cl)c1. The molecule has 0 saturated carbocycles. The summed E-state index contributed by atoms with van der Waals surface area (Å²) in [6.45, 7) is 1.33. The average Bonchev–Trinajstić information content (AvgIpc) is 2.36. The molecule has 0 aliphatic rings. The molecule has 1 atom stereocenters. The van der Waals surface area contributed by atoms with Gasteiger partial charge in [-0.3, -0.25) is 0 Å². The second-order valence-corrected chi connectivity index (χ2v) is 5.22. The number of aliphatic hydroxyl groups excluding tert-OH is 1. The third-order valence-electron chi connectivity index (χ3n) is 2.16. The molecule has 0 saturated heterocycles. The zero-order chi connectivity index (χ0) is 13.4. The van der Waals surface area contributed by atoms with Gasteiger partial charge in [0.15, 0.2) is 0 Å². The van der Waals surface area contributed by atoms with E-state index in [1.807, 2.05) is 6.07 Å². The molecule has 0 aliphatic heterocycles. The van der Waals surface area contributed by atoms with Crippen LogP contribution < -0.4 is 5.73 Å². The van der Waals surface area contributed by atoms with Crippen molar-refractivity contribution in [3.05, 3.63) is 23.2 Å². The van der Waals surface area contributed by atoms with Gasteiger partial charge < -0.3 is 20.3 Å². The smallest absolute Gasteiger partial charge is 0.0867 e. The number of hydrogen-bond donors (Lipinski definition) is 2. The van der Waals surface area contributed by atoms with Crippen LogP contribution in [-0.2, 0) is 9.47 Å². The van der Waals surface area contributed by atoms with Gasteiger partial charge in [0.1, 0.15) is 0 Å². The number of halogens is 1. The van der Waals surface area contributed by atoms with Crippen LogP contribution >= 0.6 is 23.4 Å². The minimum absolute atomic E-state index is 0.305. The molecule has 0 spiro atoms. The van der Waals surface area contributed by atoms with Crippen molar-refractivity contribution < 1.29 is 14.6 Å². The quantitative estimate of drug-likeness (QED) is 0.436. The molecule has 1 rings (SSSR count). The number of thioether (sulfide) groups is 1. The number of nitrogens with two attached hydrogens (primary N) is 1. The molecular formula is C12H18ClNO3S. The predicted molar refractivity (Wildman–Crippen MR) is 75.3 cm³/mol. The van der Waals surface area contributed by atoms with Gasteiger partial charge in [-0.1, -0.05) is 11.6 Å². The van der Waals surface area contributed by atoms with Gasteiger partial charge in [-0.25, -0.2) is 0 Å². The van der Waals surface area contributed by atoms with E-state index in [9.17, 15) is 5.11 Å². The highest BCUT2D eigenvalue weighted by molar-refractivity contribution is 7.99. The number of ether oxygens (including phenoxy) is 2. The second kappa shape index (κ2) is 8.61. The van der Waals surface area contributed by atoms with Crippen molar-refractivity contribution in [1.29, 1.82) is 0 Å². The monoisotopic (exact) mass is 291 g/mol. The summed E-state index contributed by atoms with van der Waals surface area (Å²) in [6.07, 6.45) is -0.511. The number of rotatable bonds is 8. The van der Waals surface area contributed by atoms with E-state index in [-0.39, 0.29) is 0 Å². The maximum Gasteiger partial charge on any atom is 0.0867 e. The summed E-state index contributed by atoms with van der Waals surface area (Å²) in [6, 6.07) is 5.43. The second-order valence-electron chi connectivity index (χ2n) is 3.72. The van der Waals surface area contributed by atoms with Crippen LogP contribution in [0.2, 0.25) is 5.02 Å². The largest absolute Gasteiger partial charge is 0.398 e. The van der Waals surface area contributed by atoms with Crippen LogP contribution in [0.5, 0.6) is 0 Å². The van der Waals surface area contributed by atoms with Crippen molar-refractivity contribution in [1.82, 2.24) is 0 Å². The lowest BCUT2D eigenvalue weighted by Gasteiger charge is -2.11. The van der Waals surface area contributed by atoms with Gasteiger partial charge in [-0.15, -0.1) is 11.8 Å². The molecular weight excluding hydrogens is 274 g/mol. The lowest BCUT2D eigenvalue weighted by atomic mass is 10.3. The minimum Gasteiger partial charge on any atom is -0.398 e. The molecule has 0 amide bonds. The van der Waals surface area contributed by atoms with E-state index < -0.39 is 6.10 Å². The van der Waals surface area contributed by atoms with Crippen LogP contribution in [0.4, 0.5) is 5.69 Å². The Balaban J connectivity index is 2.24. The molecule has 3 N–H and O–H groups in total. The van der Waals surface area contributed by atoms with Crippen LogP contribution in [0.25, 0.3) is 0 Å². The Bertz CT molecular complexity index is 365. The first kappa shape index (κ1) is 15.6. The fraction of sp³-hybridized carbons (Fsp3) is 0.500. The predicted octanol–water partition coefficient (Wildman–Crippen LogP) is 2.04. The zero-order valence-electron chi connectivity index (χ0n) is 10.3. The Kier molecular flexibility index (Phi) is 7.46. The molecule has 0 heterocycles. The van der Waals surface area contributed by atoms with Crippen molar-refractivity contribution in [3.63, 3.8) is 0 Å². The first-order valence-corrected chi connectivity index (χ1v) is 6.92. The topological polar surface area (TPSA) is 64.7 Å². The van der Waals surface area contributed by atoms with Crippen molar-refractivity contribution in [3.8, 4) is 0 Å². The van der Waals surface area contributed by atoms with Gasteiger partial charge >= 0.3 is 0 Å². The van der Waals surface area contributed by atoms with Gasteiger partial charge in [0, 0.05) is 17.8 Å². The third kappa shape index (κ3) is 5.93. The molecule has 18 heavy (non-hydrogen) atoms. The van der Waals surface area contributed by atoms with E-state index in [4.69, 9.17) is 26.8 Å². The minimum atomic E-state index is -0.511. The summed E-state index contributed by atoms with van der Waals surface area (Å²) in [7, 11) is 1.61. The Morgan fingerprint density at radius 1 is 1.44 bits per heavy atom. The van der Waals surface area contributed by atoms with E-state index in [1.54, 1.807) is 19.2 Å². The summed E-state index contributed by atoms with van der Waals surface area (Å²) in [5.74, 6) is 0.549. The van der Waals surface area contributed by atoms with E-state index in [0.29, 0.717) is 36.3 Å². The van der Waals surface area contributed by atoms with E-state index >= 15 is 0 Å². The van der Waals surface area contributed by atoms with Crippen LogP contribution in [-0.4, -0.2) is 43.9 Å². The van der Waals surface area contributed by atoms with E-state index in [2.05, 4.69) is 0 Å². The average molecular weight is 292 g/mol. The van der Waals surface area contributed by atoms with Crippen molar-refractivity contribution in [2.75, 3.05) is 38.4 Å². The van der Waals surface area contributed by atoms with Gasteiger partial charge in [0.25, 0.3) is 0 Å². The zero-order valence-corrected chi connectivity index (χ0v) is 11.8. The fourth-order valence-corrected chi connectivity index (χ4v) is 2.29. The Hall–Kier alpha value is -0.460. The summed E-state index contributed by atoms with van der Waals surface area (Å²) >= 11 is 7.42. The number of anilines is 1. The summed E-state index contributed by atoms with van der Waals surface area (Å²) in [5.41, 5.74) is 6.18. The molecule has 0 fully saturated rings. The molecule has 1 aromatic carbocycles. The fourth-order valence-electron chi connectivity index (χ4n) is 1.20. The molecule has 0 radical (unpaired) electrons. The molecule has 4 nitrogen and oxygen atoms in total. The van der Waals surface area contributed by atoms with Crippen LogP contribution in [0.15, 0.2) is 23.1 Å². The third-order valence-corrected chi connectivity index (χ3v) is 3.62. The Morgan fingerprint density at radius 3 is 2.89 bits per heavy atom. The van der Waals surface area contributed by atoms with Crippen LogP contribution in [0, 0.1) is 0 Å². The van der Waals surface area contributed by atoms with E-state index in [0.717, 1.165) is 4.90 Å². The van der Waals surface area contributed by atoms with Crippen molar-refractivity contribution in [2.45, 2.75) is 11.0 Å². The van der Waals surface area contributed by atoms with Gasteiger partial charge in [0.2, 0.25) is 0 Å². The van der Waals surface area contributed by atoms with Gasteiger partial charge in [-0.05, 0) is 18.2 Å². The molecule has 1 unspecified atom stereocenters. The highest BCUT2D eigenvalue weighted by Crippen LogP contribution is 2.26. The maximum absolute atomic E-state index is 9.69. The number of aliphatic hydroxyl groups is 1.